The Kier molecular flexibility index (Phi) is 7.05. The molecule has 2 amide bonds. The highest BCUT2D eigenvalue weighted by atomic mass is 32.2. The maximum Gasteiger partial charge on any atom is 0.262 e. The summed E-state index contributed by atoms with van der Waals surface area (Å²) in [7, 11) is -3.26. The number of thiophene rings is 1. The number of benzene rings is 1. The van der Waals surface area contributed by atoms with E-state index in [2.05, 4.69) is 5.32 Å². The van der Waals surface area contributed by atoms with Crippen molar-refractivity contribution in [3.05, 3.63) is 58.3 Å². The molecule has 1 aliphatic rings. The second kappa shape index (κ2) is 9.51. The van der Waals surface area contributed by atoms with Gasteiger partial charge in [0.15, 0.2) is 0 Å². The molecule has 0 aliphatic carbocycles. The molecule has 1 atom stereocenters. The lowest BCUT2D eigenvalue weighted by Crippen LogP contribution is -2.56. The van der Waals surface area contributed by atoms with E-state index in [1.807, 2.05) is 35.7 Å². The van der Waals surface area contributed by atoms with Crippen LogP contribution in [0.25, 0.3) is 0 Å². The minimum atomic E-state index is -3.26. The van der Waals surface area contributed by atoms with Gasteiger partial charge in [-0.25, -0.2) is 8.42 Å². The van der Waals surface area contributed by atoms with E-state index >= 15 is 0 Å². The summed E-state index contributed by atoms with van der Waals surface area (Å²) in [4.78, 5) is 27.9. The predicted octanol–water partition coefficient (Wildman–Crippen LogP) is 1.58. The Hall–Kier alpha value is -2.23. The number of rotatable bonds is 7. The van der Waals surface area contributed by atoms with Gasteiger partial charge in [-0.15, -0.1) is 11.3 Å². The lowest BCUT2D eigenvalue weighted by molar-refractivity contribution is -0.134. The number of hydrogen-bond acceptors (Lipinski definition) is 5. The molecule has 0 spiro atoms. The number of carbonyl (C=O) groups excluding carboxylic acids is 2. The number of hydrogen-bond donors (Lipinski definition) is 1. The van der Waals surface area contributed by atoms with E-state index in [0.29, 0.717) is 24.4 Å². The monoisotopic (exact) mass is 435 g/mol. The molecule has 1 unspecified atom stereocenters. The smallest absolute Gasteiger partial charge is 0.262 e. The molecule has 29 heavy (non-hydrogen) atoms. The van der Waals surface area contributed by atoms with Crippen LogP contribution in [0.15, 0.2) is 47.8 Å². The Morgan fingerprint density at radius 3 is 2.34 bits per heavy atom. The van der Waals surface area contributed by atoms with E-state index < -0.39 is 16.1 Å². The van der Waals surface area contributed by atoms with Crippen molar-refractivity contribution < 1.29 is 18.0 Å². The normalized spacial score (nSPS) is 16.4. The number of piperazine rings is 1. The summed E-state index contributed by atoms with van der Waals surface area (Å²) in [5, 5.41) is 4.68. The highest BCUT2D eigenvalue weighted by Crippen LogP contribution is 2.14. The van der Waals surface area contributed by atoms with Crippen molar-refractivity contribution in [3.8, 4) is 0 Å². The first-order valence-corrected chi connectivity index (χ1v) is 12.0. The van der Waals surface area contributed by atoms with Gasteiger partial charge in [0.1, 0.15) is 6.04 Å². The molecule has 2 aromatic rings. The molecule has 1 N–H and O–H groups in total. The number of nitrogens with one attached hydrogen (secondary N) is 1. The van der Waals surface area contributed by atoms with Gasteiger partial charge in [-0.2, -0.15) is 4.31 Å². The van der Waals surface area contributed by atoms with Crippen molar-refractivity contribution in [1.82, 2.24) is 14.5 Å². The van der Waals surface area contributed by atoms with Crippen LogP contribution in [0.2, 0.25) is 0 Å². The topological polar surface area (TPSA) is 86.8 Å². The first kappa shape index (κ1) is 21.5. The second-order valence-electron chi connectivity index (χ2n) is 6.82. The van der Waals surface area contributed by atoms with E-state index in [9.17, 15) is 18.0 Å². The zero-order chi connectivity index (χ0) is 20.9. The van der Waals surface area contributed by atoms with E-state index in [1.165, 1.54) is 15.6 Å². The van der Waals surface area contributed by atoms with E-state index in [4.69, 9.17) is 0 Å². The summed E-state index contributed by atoms with van der Waals surface area (Å²) in [6, 6.07) is 12.3. The Labute approximate surface area is 175 Å². The van der Waals surface area contributed by atoms with Crippen LogP contribution >= 0.6 is 11.3 Å². The van der Waals surface area contributed by atoms with Gasteiger partial charge in [0.25, 0.3) is 5.91 Å². The maximum atomic E-state index is 13.2. The average molecular weight is 436 g/mol. The molecule has 1 aromatic carbocycles. The van der Waals surface area contributed by atoms with Gasteiger partial charge in [-0.3, -0.25) is 9.59 Å². The molecular weight excluding hydrogens is 410 g/mol. The van der Waals surface area contributed by atoms with Crippen molar-refractivity contribution in [2.45, 2.75) is 19.4 Å². The van der Waals surface area contributed by atoms with Crippen LogP contribution in [0.1, 0.15) is 22.2 Å². The molecule has 0 radical (unpaired) electrons. The van der Waals surface area contributed by atoms with Crippen LogP contribution in [0, 0.1) is 0 Å². The van der Waals surface area contributed by atoms with Gasteiger partial charge in [0.2, 0.25) is 15.9 Å². The minimum Gasteiger partial charge on any atom is -0.339 e. The summed E-state index contributed by atoms with van der Waals surface area (Å²) in [6.45, 7) is 2.80. The summed E-state index contributed by atoms with van der Waals surface area (Å²) in [6.07, 6.45) is 0.379. The largest absolute Gasteiger partial charge is 0.339 e. The Morgan fingerprint density at radius 1 is 1.07 bits per heavy atom. The van der Waals surface area contributed by atoms with E-state index in [1.54, 1.807) is 24.0 Å². The first-order chi connectivity index (χ1) is 13.9. The summed E-state index contributed by atoms with van der Waals surface area (Å²) >= 11 is 1.32. The average Bonchev–Trinajstić information content (AvgIpc) is 3.29. The molecule has 1 aliphatic heterocycles. The van der Waals surface area contributed by atoms with Crippen LogP contribution in [0.5, 0.6) is 0 Å². The van der Waals surface area contributed by atoms with Crippen molar-refractivity contribution in [2.75, 3.05) is 31.9 Å². The van der Waals surface area contributed by atoms with Gasteiger partial charge in [0.05, 0.1) is 10.6 Å². The predicted molar refractivity (Wildman–Crippen MR) is 113 cm³/mol. The standard InChI is InChI=1S/C20H25N3O4S2/c1-2-29(26,27)23-12-10-22(11-13-23)20(25)17(15-16-7-4-3-5-8-16)21-19(24)18-9-6-14-28-18/h3-9,14,17H,2,10-13,15H2,1H3,(H,21,24). The van der Waals surface area contributed by atoms with Crippen LogP contribution in [-0.4, -0.2) is 67.4 Å². The summed E-state index contributed by atoms with van der Waals surface area (Å²) in [5.41, 5.74) is 0.949. The van der Waals surface area contributed by atoms with Gasteiger partial charge in [-0.1, -0.05) is 36.4 Å². The second-order valence-corrected chi connectivity index (χ2v) is 10.0. The molecule has 1 aromatic heterocycles. The lowest BCUT2D eigenvalue weighted by atomic mass is 10.0. The molecular formula is C20H25N3O4S2. The third-order valence-electron chi connectivity index (χ3n) is 4.94. The Bertz CT molecular complexity index is 922. The van der Waals surface area contributed by atoms with Crippen molar-refractivity contribution in [1.29, 1.82) is 0 Å². The Morgan fingerprint density at radius 2 is 1.76 bits per heavy atom. The fourth-order valence-electron chi connectivity index (χ4n) is 3.28. The minimum absolute atomic E-state index is 0.0500. The van der Waals surface area contributed by atoms with Crippen LogP contribution in [-0.2, 0) is 21.2 Å². The highest BCUT2D eigenvalue weighted by molar-refractivity contribution is 7.89. The lowest BCUT2D eigenvalue weighted by Gasteiger charge is -2.35. The molecule has 0 saturated carbocycles. The molecule has 3 rings (SSSR count). The zero-order valence-electron chi connectivity index (χ0n) is 16.3. The van der Waals surface area contributed by atoms with Gasteiger partial charge in [0, 0.05) is 32.6 Å². The molecule has 1 fully saturated rings. The molecule has 0 bridgehead atoms. The SMILES string of the molecule is CCS(=O)(=O)N1CCN(C(=O)C(Cc2ccccc2)NC(=O)c2cccs2)CC1. The maximum absolute atomic E-state index is 13.2. The quantitative estimate of drug-likeness (QED) is 0.715. The van der Waals surface area contributed by atoms with Crippen LogP contribution in [0.3, 0.4) is 0 Å². The molecule has 1 saturated heterocycles. The fraction of sp³-hybridized carbons (Fsp3) is 0.400. The van der Waals surface area contributed by atoms with Gasteiger partial charge in [-0.05, 0) is 23.9 Å². The van der Waals surface area contributed by atoms with Crippen molar-refractivity contribution in [3.63, 3.8) is 0 Å². The molecule has 9 heteroatoms. The third-order valence-corrected chi connectivity index (χ3v) is 7.69. The van der Waals surface area contributed by atoms with Crippen LogP contribution < -0.4 is 5.32 Å². The highest BCUT2D eigenvalue weighted by Gasteiger charge is 2.32. The summed E-state index contributed by atoms with van der Waals surface area (Å²) < 4.78 is 25.5. The van der Waals surface area contributed by atoms with Crippen molar-refractivity contribution >= 4 is 33.2 Å². The number of sulfonamides is 1. The first-order valence-electron chi connectivity index (χ1n) is 9.55. The van der Waals surface area contributed by atoms with E-state index in [-0.39, 0.29) is 30.7 Å². The van der Waals surface area contributed by atoms with Crippen LogP contribution in [0.4, 0.5) is 0 Å². The number of carbonyl (C=O) groups is 2. The molecule has 156 valence electrons. The molecule has 7 nitrogen and oxygen atoms in total. The van der Waals surface area contributed by atoms with Gasteiger partial charge < -0.3 is 10.2 Å². The zero-order valence-corrected chi connectivity index (χ0v) is 17.9. The third kappa shape index (κ3) is 5.43. The fourth-order valence-corrected chi connectivity index (χ4v) is 4.99. The summed E-state index contributed by atoms with van der Waals surface area (Å²) in [5.74, 6) is -0.414. The Balaban J connectivity index is 1.71. The van der Waals surface area contributed by atoms with E-state index in [0.717, 1.165) is 5.56 Å². The van der Waals surface area contributed by atoms with Crippen molar-refractivity contribution in [2.24, 2.45) is 0 Å². The van der Waals surface area contributed by atoms with Gasteiger partial charge >= 0.3 is 0 Å². The number of nitrogens with zero attached hydrogens (tertiary/aromatic N) is 2. The molecule has 2 heterocycles. The number of amides is 2.